The summed E-state index contributed by atoms with van der Waals surface area (Å²) in [6, 6.07) is 5.98. The third-order valence-corrected chi connectivity index (χ3v) is 4.39. The molecule has 0 aromatic heterocycles. The molecule has 0 heterocycles. The van der Waals surface area contributed by atoms with Crippen LogP contribution in [0.5, 0.6) is 0 Å². The Kier molecular flexibility index (Phi) is 8.67. The normalized spacial score (nSPS) is 10.7. The highest BCUT2D eigenvalue weighted by Gasteiger charge is 2.17. The first-order valence-electron chi connectivity index (χ1n) is 8.15. The topological polar surface area (TPSA) is 20.3 Å². The first-order chi connectivity index (χ1) is 10.1. The van der Waals surface area contributed by atoms with Crippen molar-refractivity contribution in [1.29, 1.82) is 0 Å². The molecular formula is C18H28BrNO. The molecule has 0 atom stereocenters. The lowest BCUT2D eigenvalue weighted by Gasteiger charge is -2.23. The summed E-state index contributed by atoms with van der Waals surface area (Å²) in [5.74, 6) is 0.165. The maximum absolute atomic E-state index is 12.8. The summed E-state index contributed by atoms with van der Waals surface area (Å²) in [6.07, 6.45) is 6.94. The average Bonchev–Trinajstić information content (AvgIpc) is 2.48. The molecule has 0 fully saturated rings. The minimum absolute atomic E-state index is 0.165. The van der Waals surface area contributed by atoms with E-state index in [1.807, 2.05) is 30.0 Å². The van der Waals surface area contributed by atoms with Gasteiger partial charge in [0.05, 0.1) is 5.56 Å². The van der Waals surface area contributed by atoms with E-state index in [9.17, 15) is 4.79 Å². The summed E-state index contributed by atoms with van der Waals surface area (Å²) in [4.78, 5) is 14.8. The van der Waals surface area contributed by atoms with Crippen molar-refractivity contribution in [1.82, 2.24) is 4.90 Å². The van der Waals surface area contributed by atoms with Crippen LogP contribution >= 0.6 is 15.9 Å². The van der Waals surface area contributed by atoms with Crippen LogP contribution in [0.2, 0.25) is 0 Å². The van der Waals surface area contributed by atoms with Gasteiger partial charge in [0.1, 0.15) is 0 Å². The van der Waals surface area contributed by atoms with Gasteiger partial charge in [-0.2, -0.15) is 0 Å². The van der Waals surface area contributed by atoms with E-state index < -0.39 is 0 Å². The quantitative estimate of drug-likeness (QED) is 0.530. The Bertz CT molecular complexity index is 435. The minimum atomic E-state index is 0.165. The lowest BCUT2D eigenvalue weighted by atomic mass is 10.1. The van der Waals surface area contributed by atoms with Crippen molar-refractivity contribution in [3.8, 4) is 0 Å². The highest BCUT2D eigenvalue weighted by Crippen LogP contribution is 2.20. The summed E-state index contributed by atoms with van der Waals surface area (Å²) in [7, 11) is 0. The number of carbonyl (C=O) groups is 1. The molecule has 0 N–H and O–H groups in total. The molecule has 3 heteroatoms. The van der Waals surface area contributed by atoms with Gasteiger partial charge in [-0.05, 0) is 47.8 Å². The maximum atomic E-state index is 12.8. The average molecular weight is 354 g/mol. The fourth-order valence-electron chi connectivity index (χ4n) is 2.39. The molecule has 0 saturated carbocycles. The van der Waals surface area contributed by atoms with E-state index in [4.69, 9.17) is 0 Å². The first kappa shape index (κ1) is 18.2. The number of halogens is 1. The number of rotatable bonds is 9. The molecule has 1 amide bonds. The van der Waals surface area contributed by atoms with E-state index >= 15 is 0 Å². The van der Waals surface area contributed by atoms with E-state index in [1.165, 1.54) is 25.7 Å². The van der Waals surface area contributed by atoms with Crippen molar-refractivity contribution in [3.05, 3.63) is 33.8 Å². The Labute approximate surface area is 138 Å². The summed E-state index contributed by atoms with van der Waals surface area (Å²) < 4.78 is 0.897. The van der Waals surface area contributed by atoms with Crippen molar-refractivity contribution < 1.29 is 4.79 Å². The number of hydrogen-bond acceptors (Lipinski definition) is 1. The van der Waals surface area contributed by atoms with Crippen LogP contribution in [0.15, 0.2) is 22.7 Å². The van der Waals surface area contributed by atoms with Crippen LogP contribution in [0.1, 0.15) is 68.3 Å². The van der Waals surface area contributed by atoms with Gasteiger partial charge in [-0.15, -0.1) is 0 Å². The zero-order valence-electron chi connectivity index (χ0n) is 13.6. The van der Waals surface area contributed by atoms with Gasteiger partial charge in [0.15, 0.2) is 0 Å². The zero-order valence-corrected chi connectivity index (χ0v) is 15.2. The second-order valence-electron chi connectivity index (χ2n) is 5.69. The Hall–Kier alpha value is -0.830. The second kappa shape index (κ2) is 9.99. The Morgan fingerprint density at radius 3 is 2.14 bits per heavy atom. The number of aryl methyl sites for hydroxylation is 1. The van der Waals surface area contributed by atoms with Crippen LogP contribution in [0, 0.1) is 6.92 Å². The molecule has 118 valence electrons. The van der Waals surface area contributed by atoms with E-state index in [-0.39, 0.29) is 5.91 Å². The highest BCUT2D eigenvalue weighted by atomic mass is 79.9. The molecule has 0 aliphatic carbocycles. The monoisotopic (exact) mass is 353 g/mol. The zero-order chi connectivity index (χ0) is 15.7. The molecule has 0 unspecified atom stereocenters. The molecule has 2 nitrogen and oxygen atoms in total. The van der Waals surface area contributed by atoms with Gasteiger partial charge in [0.25, 0.3) is 5.91 Å². The fourth-order valence-corrected chi connectivity index (χ4v) is 2.81. The molecule has 21 heavy (non-hydrogen) atoms. The van der Waals surface area contributed by atoms with Crippen LogP contribution in [0.4, 0.5) is 0 Å². The van der Waals surface area contributed by atoms with Crippen molar-refractivity contribution in [2.45, 2.75) is 59.3 Å². The summed E-state index contributed by atoms with van der Waals surface area (Å²) in [5, 5.41) is 0. The molecule has 0 spiro atoms. The number of hydrogen-bond donors (Lipinski definition) is 0. The molecule has 0 aliphatic heterocycles. The molecule has 0 saturated heterocycles. The summed E-state index contributed by atoms with van der Waals surface area (Å²) >= 11 is 3.52. The van der Waals surface area contributed by atoms with Crippen molar-refractivity contribution in [2.24, 2.45) is 0 Å². The highest BCUT2D eigenvalue weighted by molar-refractivity contribution is 9.10. The van der Waals surface area contributed by atoms with Crippen LogP contribution in [0.3, 0.4) is 0 Å². The molecule has 0 radical (unpaired) electrons. The number of benzene rings is 1. The predicted molar refractivity (Wildman–Crippen MR) is 93.8 cm³/mol. The van der Waals surface area contributed by atoms with Gasteiger partial charge in [-0.3, -0.25) is 4.79 Å². The molecule has 0 bridgehead atoms. The number of unbranched alkanes of at least 4 members (excludes halogenated alkanes) is 4. The van der Waals surface area contributed by atoms with Gasteiger partial charge in [0.2, 0.25) is 0 Å². The van der Waals surface area contributed by atoms with E-state index in [1.54, 1.807) is 0 Å². The van der Waals surface area contributed by atoms with Crippen LogP contribution in [-0.2, 0) is 0 Å². The molecule has 1 aromatic carbocycles. The number of nitrogens with zero attached hydrogens (tertiary/aromatic N) is 1. The maximum Gasteiger partial charge on any atom is 0.255 e. The fraction of sp³-hybridized carbons (Fsp3) is 0.611. The second-order valence-corrected chi connectivity index (χ2v) is 6.54. The smallest absolute Gasteiger partial charge is 0.255 e. The molecule has 0 aliphatic rings. The van der Waals surface area contributed by atoms with Gasteiger partial charge < -0.3 is 4.90 Å². The van der Waals surface area contributed by atoms with Gasteiger partial charge in [-0.1, -0.05) is 51.2 Å². The lowest BCUT2D eigenvalue weighted by molar-refractivity contribution is 0.0748. The van der Waals surface area contributed by atoms with Gasteiger partial charge >= 0.3 is 0 Å². The summed E-state index contributed by atoms with van der Waals surface area (Å²) in [6.45, 7) is 8.16. The van der Waals surface area contributed by atoms with Crippen LogP contribution in [-0.4, -0.2) is 23.9 Å². The first-order valence-corrected chi connectivity index (χ1v) is 8.94. The van der Waals surface area contributed by atoms with Crippen LogP contribution < -0.4 is 0 Å². The Balaban J connectivity index is 2.79. The SMILES string of the molecule is CCCCCN(CCCCC)C(=O)c1cc(C)ccc1Br. The lowest BCUT2D eigenvalue weighted by Crippen LogP contribution is -2.33. The Morgan fingerprint density at radius 1 is 1.05 bits per heavy atom. The summed E-state index contributed by atoms with van der Waals surface area (Å²) in [5.41, 5.74) is 1.92. The minimum Gasteiger partial charge on any atom is -0.339 e. The molecular weight excluding hydrogens is 326 g/mol. The van der Waals surface area contributed by atoms with E-state index in [0.717, 1.165) is 41.5 Å². The Morgan fingerprint density at radius 2 is 1.62 bits per heavy atom. The number of amides is 1. The predicted octanol–water partition coefficient (Wildman–Crippen LogP) is 5.58. The number of carbonyl (C=O) groups excluding carboxylic acids is 1. The molecule has 1 rings (SSSR count). The van der Waals surface area contributed by atoms with E-state index in [0.29, 0.717) is 0 Å². The van der Waals surface area contributed by atoms with Crippen LogP contribution in [0.25, 0.3) is 0 Å². The van der Waals surface area contributed by atoms with Gasteiger partial charge in [0, 0.05) is 17.6 Å². The standard InChI is InChI=1S/C18H28BrNO/c1-4-6-8-12-20(13-9-7-5-2)18(21)16-14-15(3)10-11-17(16)19/h10-11,14H,4-9,12-13H2,1-3H3. The third kappa shape index (κ3) is 6.21. The third-order valence-electron chi connectivity index (χ3n) is 3.70. The molecule has 1 aromatic rings. The largest absolute Gasteiger partial charge is 0.339 e. The van der Waals surface area contributed by atoms with Crippen molar-refractivity contribution in [3.63, 3.8) is 0 Å². The van der Waals surface area contributed by atoms with Crippen molar-refractivity contribution >= 4 is 21.8 Å². The van der Waals surface area contributed by atoms with Crippen molar-refractivity contribution in [2.75, 3.05) is 13.1 Å². The van der Waals surface area contributed by atoms with E-state index in [2.05, 4.69) is 29.8 Å². The van der Waals surface area contributed by atoms with Gasteiger partial charge in [-0.25, -0.2) is 0 Å².